The van der Waals surface area contributed by atoms with Gasteiger partial charge < -0.3 is 19.5 Å². The first-order valence-corrected chi connectivity index (χ1v) is 14.9. The van der Waals surface area contributed by atoms with Crippen LogP contribution in [0.25, 0.3) is 16.8 Å². The number of imidazole rings is 1. The summed E-state index contributed by atoms with van der Waals surface area (Å²) < 4.78 is 13.3. The molecule has 10 heteroatoms. The lowest BCUT2D eigenvalue weighted by molar-refractivity contribution is 0.0872. The number of ether oxygens (including phenoxy) is 2. The zero-order valence-electron chi connectivity index (χ0n) is 24.8. The number of benzene rings is 1. The number of hydrogen-bond acceptors (Lipinski definition) is 8. The zero-order valence-corrected chi connectivity index (χ0v) is 24.8. The van der Waals surface area contributed by atoms with E-state index in [0.717, 1.165) is 54.2 Å². The van der Waals surface area contributed by atoms with Crippen molar-refractivity contribution in [3.05, 3.63) is 42.1 Å². The summed E-state index contributed by atoms with van der Waals surface area (Å²) in [6.07, 6.45) is 8.87. The van der Waals surface area contributed by atoms with Crippen LogP contribution in [0, 0.1) is 6.92 Å². The van der Waals surface area contributed by atoms with Crippen molar-refractivity contribution in [3.63, 3.8) is 0 Å². The molecular formula is C31H44N6O4. The summed E-state index contributed by atoms with van der Waals surface area (Å²) in [5.41, 5.74) is 4.23. The van der Waals surface area contributed by atoms with Gasteiger partial charge in [0.25, 0.3) is 0 Å². The number of anilines is 1. The van der Waals surface area contributed by atoms with Gasteiger partial charge in [0.05, 0.1) is 29.7 Å². The molecule has 3 heterocycles. The topological polar surface area (TPSA) is 104 Å². The summed E-state index contributed by atoms with van der Waals surface area (Å²) in [7, 11) is 3.80. The molecule has 2 aromatic heterocycles. The number of aryl methyl sites for hydroxylation is 1. The van der Waals surface area contributed by atoms with Gasteiger partial charge in [-0.1, -0.05) is 6.07 Å². The lowest BCUT2D eigenvalue weighted by Gasteiger charge is -2.41. The lowest BCUT2D eigenvalue weighted by atomic mass is 9.84. The molecule has 1 aliphatic heterocycles. The highest BCUT2D eigenvalue weighted by Crippen LogP contribution is 2.39. The third kappa shape index (κ3) is 6.66. The Hall–Kier alpha value is -3.21. The Morgan fingerprint density at radius 3 is 2.63 bits per heavy atom. The van der Waals surface area contributed by atoms with Gasteiger partial charge in [0.2, 0.25) is 0 Å². The minimum absolute atomic E-state index is 0.0713. The van der Waals surface area contributed by atoms with E-state index in [-0.39, 0.29) is 12.7 Å². The molecule has 5 rings (SSSR count). The van der Waals surface area contributed by atoms with Crippen LogP contribution in [0.3, 0.4) is 0 Å². The highest BCUT2D eigenvalue weighted by Gasteiger charge is 2.31. The average Bonchev–Trinajstić information content (AvgIpc) is 3.38. The molecule has 2 N–H and O–H groups in total. The number of hydrogen-bond donors (Lipinski definition) is 2. The van der Waals surface area contributed by atoms with Gasteiger partial charge in [-0.3, -0.25) is 19.6 Å². The normalized spacial score (nSPS) is 21.1. The van der Waals surface area contributed by atoms with E-state index in [9.17, 15) is 4.79 Å². The number of nitrogens with one attached hydrogen (secondary N) is 1. The number of carbonyl (C=O) groups is 1. The van der Waals surface area contributed by atoms with Gasteiger partial charge in [0.15, 0.2) is 0 Å². The summed E-state index contributed by atoms with van der Waals surface area (Å²) in [5, 5.41) is 11.8. The van der Waals surface area contributed by atoms with Crippen molar-refractivity contribution in [3.8, 4) is 17.0 Å². The summed E-state index contributed by atoms with van der Waals surface area (Å²) in [5.74, 6) is 2.02. The highest BCUT2D eigenvalue weighted by molar-refractivity contribution is 5.89. The zero-order chi connectivity index (χ0) is 28.9. The first-order valence-electron chi connectivity index (χ1n) is 14.9. The summed E-state index contributed by atoms with van der Waals surface area (Å²) in [4.78, 5) is 27.4. The number of nitrogens with zero attached hydrogens (tertiary/aromatic N) is 5. The van der Waals surface area contributed by atoms with Crippen molar-refractivity contribution in [1.29, 1.82) is 0 Å². The van der Waals surface area contributed by atoms with Gasteiger partial charge in [-0.25, -0.2) is 9.78 Å². The van der Waals surface area contributed by atoms with Crippen LogP contribution in [-0.4, -0.2) is 94.5 Å². The van der Waals surface area contributed by atoms with E-state index < -0.39 is 6.09 Å². The Morgan fingerprint density at radius 1 is 1.17 bits per heavy atom. The number of likely N-dealkylation sites (N-methyl/N-ethyl adjacent to an activating group) is 1. The van der Waals surface area contributed by atoms with Gasteiger partial charge in [-0.2, -0.15) is 0 Å². The van der Waals surface area contributed by atoms with Gasteiger partial charge in [0.1, 0.15) is 17.7 Å². The fraction of sp³-hybridized carbons (Fsp3) is 0.581. The first-order chi connectivity index (χ1) is 19.9. The second-order valence-corrected chi connectivity index (χ2v) is 11.5. The van der Waals surface area contributed by atoms with E-state index in [1.165, 1.54) is 25.9 Å². The lowest BCUT2D eigenvalue weighted by Crippen LogP contribution is -2.49. The van der Waals surface area contributed by atoms with Crippen molar-refractivity contribution in [2.45, 2.75) is 70.4 Å². The quantitative estimate of drug-likeness (QED) is 0.386. The average molecular weight is 565 g/mol. The molecule has 222 valence electrons. The molecule has 1 saturated carbocycles. The van der Waals surface area contributed by atoms with Crippen LogP contribution in [-0.2, 0) is 4.74 Å². The molecule has 0 bridgehead atoms. The monoisotopic (exact) mass is 564 g/mol. The molecule has 0 radical (unpaired) electrons. The number of rotatable bonds is 9. The third-order valence-electron chi connectivity index (χ3n) is 8.67. The number of methoxy groups -OCH3 is 1. The largest absolute Gasteiger partial charge is 0.495 e. The molecule has 2 aliphatic rings. The van der Waals surface area contributed by atoms with Crippen molar-refractivity contribution in [1.82, 2.24) is 24.2 Å². The maximum Gasteiger partial charge on any atom is 0.412 e. The maximum atomic E-state index is 12.5. The van der Waals surface area contributed by atoms with Crippen molar-refractivity contribution >= 4 is 17.3 Å². The molecule has 0 spiro atoms. The van der Waals surface area contributed by atoms with Gasteiger partial charge in [-0.05, 0) is 71.6 Å². The molecule has 1 saturated heterocycles. The molecule has 1 atom stereocenters. The van der Waals surface area contributed by atoms with Crippen LogP contribution in [0.5, 0.6) is 5.75 Å². The number of piperazine rings is 1. The van der Waals surface area contributed by atoms with E-state index in [0.29, 0.717) is 36.2 Å². The second kappa shape index (κ2) is 13.2. The molecule has 1 aliphatic carbocycles. The number of aliphatic hydroxyl groups excluding tert-OH is 1. The molecular weight excluding hydrogens is 520 g/mol. The fourth-order valence-corrected chi connectivity index (χ4v) is 6.30. The Bertz CT molecular complexity index is 1330. The van der Waals surface area contributed by atoms with E-state index in [1.807, 2.05) is 44.4 Å². The molecule has 2 fully saturated rings. The minimum atomic E-state index is -0.552. The van der Waals surface area contributed by atoms with Crippen LogP contribution < -0.4 is 10.1 Å². The standard InChI is InChI=1S/C31H44N6O4/c1-21(6-5-19-38)41-31(39)33-26-12-9-24(20-27(26)40-4)28-29-22(2)32-13-14-37(29)30(34-28)23-7-10-25(11-8-23)36-17-15-35(3)16-18-36/h9,12-14,20-21,23,25,38H,5-8,10-11,15-19H2,1-4H3,(H,33,39). The van der Waals surface area contributed by atoms with E-state index in [4.69, 9.17) is 19.6 Å². The number of aromatic nitrogens is 3. The summed E-state index contributed by atoms with van der Waals surface area (Å²) in [6.45, 7) is 8.55. The third-order valence-corrected chi connectivity index (χ3v) is 8.67. The number of fused-ring (bicyclic) bond motifs is 1. The molecule has 41 heavy (non-hydrogen) atoms. The molecule has 10 nitrogen and oxygen atoms in total. The Labute approximate surface area is 242 Å². The van der Waals surface area contributed by atoms with Crippen molar-refractivity contribution < 1.29 is 19.4 Å². The van der Waals surface area contributed by atoms with Crippen molar-refractivity contribution in [2.24, 2.45) is 0 Å². The predicted molar refractivity (Wildman–Crippen MR) is 160 cm³/mol. The first kappa shape index (κ1) is 29.3. The fourth-order valence-electron chi connectivity index (χ4n) is 6.30. The molecule has 3 aromatic rings. The van der Waals surface area contributed by atoms with Gasteiger partial charge in [0, 0.05) is 62.7 Å². The smallest absolute Gasteiger partial charge is 0.412 e. The number of amides is 1. The maximum absolute atomic E-state index is 12.5. The Balaban J connectivity index is 1.35. The summed E-state index contributed by atoms with van der Waals surface area (Å²) >= 11 is 0. The van der Waals surface area contributed by atoms with Gasteiger partial charge >= 0.3 is 6.09 Å². The number of carbonyl (C=O) groups excluding carboxylic acids is 1. The Morgan fingerprint density at radius 2 is 1.93 bits per heavy atom. The van der Waals surface area contributed by atoms with Crippen molar-refractivity contribution in [2.75, 3.05) is 52.3 Å². The van der Waals surface area contributed by atoms with Crippen LogP contribution in [0.15, 0.2) is 30.6 Å². The molecule has 1 aromatic carbocycles. The Kier molecular flexibility index (Phi) is 9.42. The predicted octanol–water partition coefficient (Wildman–Crippen LogP) is 4.70. The van der Waals surface area contributed by atoms with E-state index in [1.54, 1.807) is 7.11 Å². The van der Waals surface area contributed by atoms with Crippen LogP contribution >= 0.6 is 0 Å². The highest BCUT2D eigenvalue weighted by atomic mass is 16.6. The SMILES string of the molecule is COc1cc(-c2nc(C3CCC(N4CCN(C)CC4)CC3)n3ccnc(C)c23)ccc1NC(=O)OC(C)CCCO. The molecule has 1 unspecified atom stereocenters. The van der Waals surface area contributed by atoms with E-state index >= 15 is 0 Å². The molecule has 1 amide bonds. The van der Waals surface area contributed by atoms with Gasteiger partial charge in [-0.15, -0.1) is 0 Å². The minimum Gasteiger partial charge on any atom is -0.495 e. The number of aliphatic hydroxyl groups is 1. The summed E-state index contributed by atoms with van der Waals surface area (Å²) in [6, 6.07) is 6.36. The van der Waals surface area contributed by atoms with Crippen LogP contribution in [0.1, 0.15) is 62.9 Å². The van der Waals surface area contributed by atoms with Crippen LogP contribution in [0.4, 0.5) is 10.5 Å². The second-order valence-electron chi connectivity index (χ2n) is 11.5. The van der Waals surface area contributed by atoms with Crippen LogP contribution in [0.2, 0.25) is 0 Å². The van der Waals surface area contributed by atoms with E-state index in [2.05, 4.69) is 31.5 Å².